The average molecular weight is 268 g/mol. The van der Waals surface area contributed by atoms with Crippen LogP contribution in [-0.4, -0.2) is 9.78 Å². The monoisotopic (exact) mass is 267 g/mol. The smallest absolute Gasteiger partial charge is 0.0687 e. The van der Waals surface area contributed by atoms with Gasteiger partial charge in [0.1, 0.15) is 0 Å². The van der Waals surface area contributed by atoms with Gasteiger partial charge in [-0.25, -0.2) is 0 Å². The first-order chi connectivity index (χ1) is 7.29. The van der Waals surface area contributed by atoms with Gasteiger partial charge < -0.3 is 0 Å². The molecule has 1 heterocycles. The van der Waals surface area contributed by atoms with Gasteiger partial charge in [-0.15, -0.1) is 0 Å². The zero-order chi connectivity index (χ0) is 10.7. The first-order valence-corrected chi connectivity index (χ1v) is 6.16. The molecule has 1 aromatic rings. The minimum atomic E-state index is 0.124. The molecule has 80 valence electrons. The van der Waals surface area contributed by atoms with Gasteiger partial charge in [0, 0.05) is 6.20 Å². The maximum absolute atomic E-state index is 9.15. The van der Waals surface area contributed by atoms with Crippen LogP contribution in [0.5, 0.6) is 0 Å². The predicted octanol–water partition coefficient (Wildman–Crippen LogP) is 2.98. The van der Waals surface area contributed by atoms with Crippen LogP contribution in [0, 0.1) is 23.2 Å². The summed E-state index contributed by atoms with van der Waals surface area (Å²) < 4.78 is 2.83. The third-order valence-corrected chi connectivity index (χ3v) is 3.53. The molecule has 1 saturated carbocycles. The van der Waals surface area contributed by atoms with Crippen molar-refractivity contribution in [3.63, 3.8) is 0 Å². The summed E-state index contributed by atoms with van der Waals surface area (Å²) in [6.07, 6.45) is 8.68. The highest BCUT2D eigenvalue weighted by atomic mass is 79.9. The molecule has 1 unspecified atom stereocenters. The van der Waals surface area contributed by atoms with E-state index in [9.17, 15) is 0 Å². The molecule has 0 radical (unpaired) electrons. The fourth-order valence-electron chi connectivity index (χ4n) is 2.29. The van der Waals surface area contributed by atoms with Crippen molar-refractivity contribution in [1.82, 2.24) is 9.78 Å². The van der Waals surface area contributed by atoms with Crippen molar-refractivity contribution >= 4 is 15.9 Å². The van der Waals surface area contributed by atoms with E-state index in [1.807, 2.05) is 10.9 Å². The van der Waals surface area contributed by atoms with Crippen LogP contribution in [0.1, 0.15) is 25.7 Å². The molecule has 0 bridgehead atoms. The Balaban J connectivity index is 1.99. The molecule has 1 aromatic heterocycles. The largest absolute Gasteiger partial charge is 0.270 e. The lowest BCUT2D eigenvalue weighted by Gasteiger charge is -2.15. The van der Waals surface area contributed by atoms with Crippen molar-refractivity contribution in [2.75, 3.05) is 0 Å². The van der Waals surface area contributed by atoms with Crippen molar-refractivity contribution in [1.29, 1.82) is 5.26 Å². The Morgan fingerprint density at radius 2 is 2.33 bits per heavy atom. The summed E-state index contributed by atoms with van der Waals surface area (Å²) in [6, 6.07) is 2.43. The summed E-state index contributed by atoms with van der Waals surface area (Å²) in [7, 11) is 0. The molecule has 1 aliphatic rings. The molecule has 0 amide bonds. The normalized spacial score (nSPS) is 18.9. The highest BCUT2D eigenvalue weighted by molar-refractivity contribution is 9.10. The second kappa shape index (κ2) is 4.80. The van der Waals surface area contributed by atoms with Crippen LogP contribution in [0.4, 0.5) is 0 Å². The third-order valence-electron chi connectivity index (χ3n) is 3.12. The van der Waals surface area contributed by atoms with E-state index in [-0.39, 0.29) is 5.92 Å². The standard InChI is InChI=1S/C11H14BrN3/c12-11-6-14-15(8-11)7-10(5-13)9-3-1-2-4-9/h6,8-10H,1-4,7H2. The summed E-state index contributed by atoms with van der Waals surface area (Å²) in [5.41, 5.74) is 0. The van der Waals surface area contributed by atoms with Crippen LogP contribution < -0.4 is 0 Å². The fraction of sp³-hybridized carbons (Fsp3) is 0.636. The molecule has 4 heteroatoms. The number of nitrogens with zero attached hydrogens (tertiary/aromatic N) is 3. The molecule has 2 rings (SSSR count). The van der Waals surface area contributed by atoms with Gasteiger partial charge in [0.25, 0.3) is 0 Å². The predicted molar refractivity (Wildman–Crippen MR) is 61.0 cm³/mol. The Morgan fingerprint density at radius 3 is 2.87 bits per heavy atom. The van der Waals surface area contributed by atoms with Crippen LogP contribution in [0.15, 0.2) is 16.9 Å². The maximum Gasteiger partial charge on any atom is 0.0687 e. The van der Waals surface area contributed by atoms with Gasteiger partial charge in [0.05, 0.1) is 29.2 Å². The minimum absolute atomic E-state index is 0.124. The summed E-state index contributed by atoms with van der Waals surface area (Å²) in [4.78, 5) is 0. The second-order valence-corrected chi connectivity index (χ2v) is 5.08. The zero-order valence-corrected chi connectivity index (χ0v) is 10.2. The summed E-state index contributed by atoms with van der Waals surface area (Å²) in [5, 5.41) is 13.3. The van der Waals surface area contributed by atoms with Gasteiger partial charge in [-0.1, -0.05) is 12.8 Å². The van der Waals surface area contributed by atoms with Crippen LogP contribution in [0.25, 0.3) is 0 Å². The van der Waals surface area contributed by atoms with E-state index in [1.54, 1.807) is 6.20 Å². The lowest BCUT2D eigenvalue weighted by molar-refractivity contribution is 0.354. The Kier molecular flexibility index (Phi) is 3.42. The van der Waals surface area contributed by atoms with Gasteiger partial charge in [-0.2, -0.15) is 10.4 Å². The van der Waals surface area contributed by atoms with E-state index in [0.717, 1.165) is 11.0 Å². The number of hydrogen-bond donors (Lipinski definition) is 0. The molecule has 15 heavy (non-hydrogen) atoms. The molecule has 1 fully saturated rings. The van der Waals surface area contributed by atoms with Crippen molar-refractivity contribution in [2.24, 2.45) is 11.8 Å². The van der Waals surface area contributed by atoms with Gasteiger partial charge in [-0.3, -0.25) is 4.68 Å². The molecular weight excluding hydrogens is 254 g/mol. The number of nitriles is 1. The Hall–Kier alpha value is -0.820. The van der Waals surface area contributed by atoms with Gasteiger partial charge in [-0.05, 0) is 34.7 Å². The van der Waals surface area contributed by atoms with E-state index in [1.165, 1.54) is 25.7 Å². The first-order valence-electron chi connectivity index (χ1n) is 5.37. The van der Waals surface area contributed by atoms with Crippen molar-refractivity contribution in [3.8, 4) is 6.07 Å². The van der Waals surface area contributed by atoms with E-state index in [0.29, 0.717) is 5.92 Å². The molecular formula is C11H14BrN3. The van der Waals surface area contributed by atoms with Crippen LogP contribution in [0.2, 0.25) is 0 Å². The summed E-state index contributed by atoms with van der Waals surface area (Å²) in [6.45, 7) is 0.729. The zero-order valence-electron chi connectivity index (χ0n) is 8.56. The molecule has 1 aliphatic carbocycles. The fourth-order valence-corrected chi connectivity index (χ4v) is 2.62. The average Bonchev–Trinajstić information content (AvgIpc) is 2.85. The minimum Gasteiger partial charge on any atom is -0.270 e. The molecule has 0 spiro atoms. The molecule has 0 N–H and O–H groups in total. The Bertz CT molecular complexity index is 360. The van der Waals surface area contributed by atoms with E-state index in [4.69, 9.17) is 5.26 Å². The van der Waals surface area contributed by atoms with Crippen LogP contribution >= 0.6 is 15.9 Å². The Morgan fingerprint density at radius 1 is 1.60 bits per heavy atom. The highest BCUT2D eigenvalue weighted by Crippen LogP contribution is 2.31. The third kappa shape index (κ3) is 2.60. The SMILES string of the molecule is N#CC(Cn1cc(Br)cn1)C1CCCC1. The number of halogens is 1. The van der Waals surface area contributed by atoms with Gasteiger partial charge in [0.15, 0.2) is 0 Å². The van der Waals surface area contributed by atoms with E-state index >= 15 is 0 Å². The van der Waals surface area contributed by atoms with Crippen molar-refractivity contribution in [2.45, 2.75) is 32.2 Å². The van der Waals surface area contributed by atoms with Gasteiger partial charge in [0.2, 0.25) is 0 Å². The number of rotatable bonds is 3. The molecule has 0 aliphatic heterocycles. The second-order valence-electron chi connectivity index (χ2n) is 4.16. The quantitative estimate of drug-likeness (QED) is 0.845. The highest BCUT2D eigenvalue weighted by Gasteiger charge is 2.25. The summed E-state index contributed by atoms with van der Waals surface area (Å²) >= 11 is 3.36. The van der Waals surface area contributed by atoms with E-state index in [2.05, 4.69) is 27.1 Å². The van der Waals surface area contributed by atoms with Crippen molar-refractivity contribution in [3.05, 3.63) is 16.9 Å². The molecule has 3 nitrogen and oxygen atoms in total. The molecule has 1 atom stereocenters. The van der Waals surface area contributed by atoms with E-state index < -0.39 is 0 Å². The number of hydrogen-bond acceptors (Lipinski definition) is 2. The van der Waals surface area contributed by atoms with Gasteiger partial charge >= 0.3 is 0 Å². The first kappa shape index (κ1) is 10.7. The Labute approximate surface area is 98.2 Å². The topological polar surface area (TPSA) is 41.6 Å². The lowest BCUT2D eigenvalue weighted by atomic mass is 9.92. The lowest BCUT2D eigenvalue weighted by Crippen LogP contribution is -2.17. The molecule has 0 aromatic carbocycles. The van der Waals surface area contributed by atoms with Crippen LogP contribution in [-0.2, 0) is 6.54 Å². The maximum atomic E-state index is 9.15. The van der Waals surface area contributed by atoms with Crippen LogP contribution in [0.3, 0.4) is 0 Å². The van der Waals surface area contributed by atoms with Crippen molar-refractivity contribution < 1.29 is 0 Å². The summed E-state index contributed by atoms with van der Waals surface area (Å²) in [5.74, 6) is 0.706. The number of aromatic nitrogens is 2. The molecule has 0 saturated heterocycles.